The van der Waals surface area contributed by atoms with Crippen LogP contribution in [0.3, 0.4) is 0 Å². The summed E-state index contributed by atoms with van der Waals surface area (Å²) >= 11 is 0. The lowest BCUT2D eigenvalue weighted by Crippen LogP contribution is -1.92. The molecule has 0 unspecified atom stereocenters. The number of aromatic nitrogens is 2. The second-order valence-electron chi connectivity index (χ2n) is 7.21. The molecule has 0 spiro atoms. The Balaban J connectivity index is 1.77. The number of hydrogen-bond acceptors (Lipinski definition) is 4. The van der Waals surface area contributed by atoms with Crippen molar-refractivity contribution in [2.75, 3.05) is 0 Å². The average molecular weight is 408 g/mol. The van der Waals surface area contributed by atoms with E-state index in [1.54, 1.807) is 30.6 Å². The first-order chi connectivity index (χ1) is 15.1. The molecule has 0 saturated carbocycles. The smallest absolute Gasteiger partial charge is 0.165 e. The largest absolute Gasteiger partial charge is 0.507 e. The Morgan fingerprint density at radius 3 is 2.19 bits per heavy atom. The Bertz CT molecular complexity index is 1420. The molecule has 2 heterocycles. The maximum Gasteiger partial charge on any atom is 0.165 e. The van der Waals surface area contributed by atoms with Crippen molar-refractivity contribution in [2.45, 2.75) is 0 Å². The SMILES string of the molecule is Oc1ccc(-c2cc(-c3ccncc3)c3cc(-c4ccccc4O)ccc3n2)cc1F. The van der Waals surface area contributed by atoms with Crippen LogP contribution in [0.25, 0.3) is 44.4 Å². The summed E-state index contributed by atoms with van der Waals surface area (Å²) in [6, 6.07) is 22.9. The number of aromatic hydroxyl groups is 2. The minimum absolute atomic E-state index is 0.205. The molecule has 0 aliphatic carbocycles. The van der Waals surface area contributed by atoms with Gasteiger partial charge in [0.15, 0.2) is 11.6 Å². The van der Waals surface area contributed by atoms with Crippen molar-refractivity contribution in [1.29, 1.82) is 0 Å². The number of halogens is 1. The average Bonchev–Trinajstić information content (AvgIpc) is 2.81. The van der Waals surface area contributed by atoms with Gasteiger partial charge in [-0.15, -0.1) is 0 Å². The lowest BCUT2D eigenvalue weighted by atomic mass is 9.95. The monoisotopic (exact) mass is 408 g/mol. The lowest BCUT2D eigenvalue weighted by Gasteiger charge is -2.13. The number of para-hydroxylation sites is 1. The van der Waals surface area contributed by atoms with Gasteiger partial charge in [0.2, 0.25) is 0 Å². The van der Waals surface area contributed by atoms with E-state index in [0.29, 0.717) is 11.3 Å². The Morgan fingerprint density at radius 1 is 0.645 bits per heavy atom. The number of rotatable bonds is 3. The summed E-state index contributed by atoms with van der Waals surface area (Å²) in [5, 5.41) is 20.7. The molecular weight excluding hydrogens is 391 g/mol. The summed E-state index contributed by atoms with van der Waals surface area (Å²) < 4.78 is 14.0. The van der Waals surface area contributed by atoms with Crippen molar-refractivity contribution in [3.63, 3.8) is 0 Å². The molecule has 0 atom stereocenters. The quantitative estimate of drug-likeness (QED) is 0.374. The summed E-state index contributed by atoms with van der Waals surface area (Å²) in [6.07, 6.45) is 3.43. The van der Waals surface area contributed by atoms with Crippen molar-refractivity contribution in [3.05, 3.63) is 97.1 Å². The zero-order valence-corrected chi connectivity index (χ0v) is 16.3. The number of fused-ring (bicyclic) bond motifs is 1. The third kappa shape index (κ3) is 3.46. The Morgan fingerprint density at radius 2 is 1.42 bits per heavy atom. The maximum absolute atomic E-state index is 14.0. The molecule has 3 aromatic carbocycles. The van der Waals surface area contributed by atoms with Crippen molar-refractivity contribution in [3.8, 4) is 45.0 Å². The highest BCUT2D eigenvalue weighted by Gasteiger charge is 2.13. The van der Waals surface area contributed by atoms with Crippen LogP contribution in [0.4, 0.5) is 4.39 Å². The minimum atomic E-state index is -0.695. The molecule has 0 saturated heterocycles. The molecule has 4 nitrogen and oxygen atoms in total. The van der Waals surface area contributed by atoms with Crippen LogP contribution in [0.15, 0.2) is 91.3 Å². The highest BCUT2D eigenvalue weighted by Crippen LogP contribution is 2.36. The summed E-state index contributed by atoms with van der Waals surface area (Å²) in [7, 11) is 0. The molecule has 0 amide bonds. The molecule has 150 valence electrons. The van der Waals surface area contributed by atoms with Crippen LogP contribution >= 0.6 is 0 Å². The fourth-order valence-electron chi connectivity index (χ4n) is 3.70. The molecular formula is C26H17FN2O2. The molecule has 2 N–H and O–H groups in total. The molecule has 0 fully saturated rings. The standard InChI is InChI=1S/C26H17FN2O2/c27-22-14-18(6-8-26(22)31)24-15-20(16-9-11-28-12-10-16)21-13-17(5-7-23(21)29-24)19-3-1-2-4-25(19)30/h1-15,30-31H. The van der Waals surface area contributed by atoms with Gasteiger partial charge in [-0.1, -0.05) is 24.3 Å². The van der Waals surface area contributed by atoms with Crippen molar-refractivity contribution in [1.82, 2.24) is 9.97 Å². The van der Waals surface area contributed by atoms with Gasteiger partial charge in [0.25, 0.3) is 0 Å². The van der Waals surface area contributed by atoms with Crippen LogP contribution in [0, 0.1) is 5.82 Å². The molecule has 31 heavy (non-hydrogen) atoms. The van der Waals surface area contributed by atoms with E-state index in [1.807, 2.05) is 48.5 Å². The first-order valence-corrected chi connectivity index (χ1v) is 9.72. The fraction of sp³-hybridized carbons (Fsp3) is 0. The van der Waals surface area contributed by atoms with E-state index in [0.717, 1.165) is 33.2 Å². The van der Waals surface area contributed by atoms with E-state index in [-0.39, 0.29) is 5.75 Å². The van der Waals surface area contributed by atoms with Gasteiger partial charge in [0.05, 0.1) is 11.2 Å². The number of phenols is 2. The van der Waals surface area contributed by atoms with Gasteiger partial charge in [0, 0.05) is 28.9 Å². The molecule has 5 rings (SSSR count). The second-order valence-corrected chi connectivity index (χ2v) is 7.21. The molecule has 5 heteroatoms. The Hall–Kier alpha value is -4.25. The predicted molar refractivity (Wildman–Crippen MR) is 119 cm³/mol. The van der Waals surface area contributed by atoms with Crippen LogP contribution in [0.5, 0.6) is 11.5 Å². The van der Waals surface area contributed by atoms with E-state index in [2.05, 4.69) is 4.98 Å². The number of benzene rings is 3. The van der Waals surface area contributed by atoms with Crippen LogP contribution in [0.2, 0.25) is 0 Å². The third-order valence-electron chi connectivity index (χ3n) is 5.26. The first-order valence-electron chi connectivity index (χ1n) is 9.72. The summed E-state index contributed by atoms with van der Waals surface area (Å²) in [5.41, 5.74) is 5.34. The number of phenolic OH excluding ortho intramolecular Hbond substituents is 2. The molecule has 0 bridgehead atoms. The van der Waals surface area contributed by atoms with Crippen molar-refractivity contribution in [2.24, 2.45) is 0 Å². The normalized spacial score (nSPS) is 11.0. The van der Waals surface area contributed by atoms with Gasteiger partial charge in [-0.25, -0.2) is 9.37 Å². The Labute approximate surface area is 177 Å². The van der Waals surface area contributed by atoms with Crippen LogP contribution in [0.1, 0.15) is 0 Å². The third-order valence-corrected chi connectivity index (χ3v) is 5.26. The van der Waals surface area contributed by atoms with Gasteiger partial charge in [-0.3, -0.25) is 4.98 Å². The van der Waals surface area contributed by atoms with Gasteiger partial charge in [-0.2, -0.15) is 0 Å². The highest BCUT2D eigenvalue weighted by atomic mass is 19.1. The van der Waals surface area contributed by atoms with Crippen LogP contribution in [-0.4, -0.2) is 20.2 Å². The summed E-state index contributed by atoms with van der Waals surface area (Å²) in [5.74, 6) is -0.887. The lowest BCUT2D eigenvalue weighted by molar-refractivity contribution is 0.432. The Kier molecular flexibility index (Phi) is 4.56. The van der Waals surface area contributed by atoms with E-state index >= 15 is 0 Å². The summed E-state index contributed by atoms with van der Waals surface area (Å²) in [4.78, 5) is 8.84. The number of hydrogen-bond donors (Lipinski definition) is 2. The zero-order valence-electron chi connectivity index (χ0n) is 16.3. The topological polar surface area (TPSA) is 66.2 Å². The second kappa shape index (κ2) is 7.54. The van der Waals surface area contributed by atoms with E-state index < -0.39 is 11.6 Å². The van der Waals surface area contributed by atoms with E-state index in [9.17, 15) is 14.6 Å². The molecule has 0 aliphatic rings. The highest BCUT2D eigenvalue weighted by molar-refractivity contribution is 5.99. The minimum Gasteiger partial charge on any atom is -0.507 e. The van der Waals surface area contributed by atoms with Crippen LogP contribution < -0.4 is 0 Å². The molecule has 2 aromatic heterocycles. The van der Waals surface area contributed by atoms with Crippen molar-refractivity contribution < 1.29 is 14.6 Å². The van der Waals surface area contributed by atoms with Gasteiger partial charge < -0.3 is 10.2 Å². The predicted octanol–water partition coefficient (Wildman–Crippen LogP) is 6.18. The van der Waals surface area contributed by atoms with E-state index in [4.69, 9.17) is 4.98 Å². The summed E-state index contributed by atoms with van der Waals surface area (Å²) in [6.45, 7) is 0. The first kappa shape index (κ1) is 18.8. The van der Waals surface area contributed by atoms with Crippen molar-refractivity contribution >= 4 is 10.9 Å². The number of nitrogens with zero attached hydrogens (tertiary/aromatic N) is 2. The van der Waals surface area contributed by atoms with Gasteiger partial charge in [0.1, 0.15) is 5.75 Å². The molecule has 5 aromatic rings. The number of pyridine rings is 2. The van der Waals surface area contributed by atoms with Crippen LogP contribution in [-0.2, 0) is 0 Å². The molecule has 0 radical (unpaired) electrons. The van der Waals surface area contributed by atoms with Gasteiger partial charge >= 0.3 is 0 Å². The zero-order chi connectivity index (χ0) is 21.4. The maximum atomic E-state index is 14.0. The van der Waals surface area contributed by atoms with Gasteiger partial charge in [-0.05, 0) is 71.3 Å². The fourth-order valence-corrected chi connectivity index (χ4v) is 3.70. The van der Waals surface area contributed by atoms with E-state index in [1.165, 1.54) is 12.1 Å². The molecule has 0 aliphatic heterocycles.